The molecule has 2 aromatic heterocycles. The van der Waals surface area contributed by atoms with Crippen molar-refractivity contribution in [2.24, 2.45) is 0 Å². The predicted molar refractivity (Wildman–Crippen MR) is 68.3 cm³/mol. The number of fused-ring (bicyclic) bond motifs is 1. The third-order valence-electron chi connectivity index (χ3n) is 2.27. The summed E-state index contributed by atoms with van der Waals surface area (Å²) in [4.78, 5) is 26.7. The molecule has 2 rings (SSSR count). The van der Waals surface area contributed by atoms with Crippen molar-refractivity contribution in [1.29, 1.82) is 0 Å². The summed E-state index contributed by atoms with van der Waals surface area (Å²) in [6.45, 7) is 1.32. The molecule has 18 heavy (non-hydrogen) atoms. The van der Waals surface area contributed by atoms with Crippen molar-refractivity contribution < 1.29 is 13.9 Å². The molecule has 0 aliphatic carbocycles. The first-order valence-corrected chi connectivity index (χ1v) is 6.49. The SMILES string of the molecule is CSC(OC(C)=O)c1cc(=O)oc2cccnc12. The van der Waals surface area contributed by atoms with Gasteiger partial charge in [0.05, 0.1) is 0 Å². The van der Waals surface area contributed by atoms with Crippen LogP contribution >= 0.6 is 11.8 Å². The number of aromatic nitrogens is 1. The summed E-state index contributed by atoms with van der Waals surface area (Å²) in [5.74, 6) is -0.410. The molecule has 1 unspecified atom stereocenters. The molecule has 0 fully saturated rings. The Balaban J connectivity index is 2.61. The van der Waals surface area contributed by atoms with Gasteiger partial charge in [-0.2, -0.15) is 0 Å². The fourth-order valence-corrected chi connectivity index (χ4v) is 2.26. The van der Waals surface area contributed by atoms with E-state index >= 15 is 0 Å². The maximum atomic E-state index is 11.5. The van der Waals surface area contributed by atoms with Crippen LogP contribution in [0, 0.1) is 0 Å². The van der Waals surface area contributed by atoms with Crippen LogP contribution in [0.2, 0.25) is 0 Å². The van der Waals surface area contributed by atoms with Crippen LogP contribution in [0.5, 0.6) is 0 Å². The van der Waals surface area contributed by atoms with Crippen LogP contribution in [0.3, 0.4) is 0 Å². The van der Waals surface area contributed by atoms with E-state index in [1.54, 1.807) is 24.6 Å². The fraction of sp³-hybridized carbons (Fsp3) is 0.250. The summed E-state index contributed by atoms with van der Waals surface area (Å²) in [5.41, 5.74) is 0.397. The van der Waals surface area contributed by atoms with Crippen LogP contribution in [-0.4, -0.2) is 17.2 Å². The van der Waals surface area contributed by atoms with Crippen LogP contribution in [0.4, 0.5) is 0 Å². The second-order valence-electron chi connectivity index (χ2n) is 3.55. The van der Waals surface area contributed by atoms with Crippen molar-refractivity contribution in [2.45, 2.75) is 12.4 Å². The zero-order valence-corrected chi connectivity index (χ0v) is 10.7. The topological polar surface area (TPSA) is 69.4 Å². The van der Waals surface area contributed by atoms with Gasteiger partial charge in [0.1, 0.15) is 5.52 Å². The maximum Gasteiger partial charge on any atom is 0.336 e. The van der Waals surface area contributed by atoms with Gasteiger partial charge in [0.15, 0.2) is 11.0 Å². The average molecular weight is 265 g/mol. The Labute approximate surface area is 107 Å². The molecule has 0 aliphatic heterocycles. The zero-order chi connectivity index (χ0) is 13.1. The molecule has 0 amide bonds. The highest BCUT2D eigenvalue weighted by molar-refractivity contribution is 7.98. The van der Waals surface area contributed by atoms with Crippen LogP contribution in [0.15, 0.2) is 33.6 Å². The molecule has 2 heterocycles. The Bertz CT molecular complexity index is 637. The first-order chi connectivity index (χ1) is 8.61. The lowest BCUT2D eigenvalue weighted by molar-refractivity contribution is -0.142. The van der Waals surface area contributed by atoms with Gasteiger partial charge in [-0.05, 0) is 18.4 Å². The van der Waals surface area contributed by atoms with Gasteiger partial charge in [0.2, 0.25) is 0 Å². The zero-order valence-electron chi connectivity index (χ0n) is 9.88. The van der Waals surface area contributed by atoms with Gasteiger partial charge in [-0.25, -0.2) is 4.79 Å². The molecule has 0 bridgehead atoms. The van der Waals surface area contributed by atoms with Gasteiger partial charge in [-0.15, -0.1) is 11.8 Å². The highest BCUT2D eigenvalue weighted by Crippen LogP contribution is 2.31. The van der Waals surface area contributed by atoms with Crippen molar-refractivity contribution in [3.8, 4) is 0 Å². The summed E-state index contributed by atoms with van der Waals surface area (Å²) in [6.07, 6.45) is 3.38. The Morgan fingerprint density at radius 2 is 2.33 bits per heavy atom. The maximum absolute atomic E-state index is 11.5. The normalized spacial score (nSPS) is 12.3. The van der Waals surface area contributed by atoms with E-state index in [0.29, 0.717) is 16.7 Å². The van der Waals surface area contributed by atoms with Gasteiger partial charge >= 0.3 is 11.6 Å². The molecule has 1 atom stereocenters. The lowest BCUT2D eigenvalue weighted by atomic mass is 10.2. The minimum atomic E-state index is -0.566. The fourth-order valence-electron chi connectivity index (χ4n) is 1.59. The summed E-state index contributed by atoms with van der Waals surface area (Å²) in [7, 11) is 0. The molecule has 94 valence electrons. The first-order valence-electron chi connectivity index (χ1n) is 5.20. The highest BCUT2D eigenvalue weighted by atomic mass is 32.2. The largest absolute Gasteiger partial charge is 0.446 e. The van der Waals surface area contributed by atoms with Crippen LogP contribution in [0.1, 0.15) is 17.9 Å². The average Bonchev–Trinajstić information content (AvgIpc) is 2.34. The van der Waals surface area contributed by atoms with Gasteiger partial charge in [0.25, 0.3) is 0 Å². The van der Waals surface area contributed by atoms with E-state index in [-0.39, 0.29) is 0 Å². The highest BCUT2D eigenvalue weighted by Gasteiger charge is 2.19. The van der Waals surface area contributed by atoms with E-state index in [9.17, 15) is 9.59 Å². The number of carbonyl (C=O) groups excluding carboxylic acids is 1. The summed E-state index contributed by atoms with van der Waals surface area (Å²) in [5, 5.41) is 0. The van der Waals surface area contributed by atoms with Crippen LogP contribution in [-0.2, 0) is 9.53 Å². The predicted octanol–water partition coefficient (Wildman–Crippen LogP) is 2.11. The molecule has 2 aromatic rings. The van der Waals surface area contributed by atoms with Crippen LogP contribution < -0.4 is 5.63 Å². The number of carbonyl (C=O) groups is 1. The molecule has 0 radical (unpaired) electrons. The Kier molecular flexibility index (Phi) is 3.66. The molecular weight excluding hydrogens is 254 g/mol. The summed E-state index contributed by atoms with van der Waals surface area (Å²) in [6, 6.07) is 4.63. The molecular formula is C12H11NO4S. The van der Waals surface area contributed by atoms with E-state index in [2.05, 4.69) is 4.98 Å². The summed E-state index contributed by atoms with van der Waals surface area (Å²) < 4.78 is 10.2. The second-order valence-corrected chi connectivity index (χ2v) is 4.45. The number of hydrogen-bond acceptors (Lipinski definition) is 6. The lowest BCUT2D eigenvalue weighted by Gasteiger charge is -2.15. The number of esters is 1. The third kappa shape index (κ3) is 2.53. The van der Waals surface area contributed by atoms with Crippen LogP contribution in [0.25, 0.3) is 11.1 Å². The van der Waals surface area contributed by atoms with E-state index in [1.807, 2.05) is 0 Å². The smallest absolute Gasteiger partial charge is 0.336 e. The molecule has 0 aliphatic rings. The van der Waals surface area contributed by atoms with Gasteiger partial charge in [0, 0.05) is 24.8 Å². The van der Waals surface area contributed by atoms with Crippen molar-refractivity contribution in [3.05, 3.63) is 40.4 Å². The summed E-state index contributed by atoms with van der Waals surface area (Å²) >= 11 is 1.31. The van der Waals surface area contributed by atoms with Crippen molar-refractivity contribution in [1.82, 2.24) is 4.98 Å². The standard InChI is InChI=1S/C12H11NO4S/c1-7(14)16-12(18-2)8-6-10(15)17-9-4-3-5-13-11(8)9/h3-6,12H,1-2H3. The van der Waals surface area contributed by atoms with Crippen molar-refractivity contribution in [2.75, 3.05) is 6.26 Å². The monoisotopic (exact) mass is 265 g/mol. The van der Waals surface area contributed by atoms with E-state index in [1.165, 1.54) is 24.8 Å². The molecule has 0 aromatic carbocycles. The van der Waals surface area contributed by atoms with Crippen molar-refractivity contribution >= 4 is 28.8 Å². The molecule has 0 saturated heterocycles. The molecule has 0 N–H and O–H groups in total. The number of thioether (sulfide) groups is 1. The number of pyridine rings is 1. The Morgan fingerprint density at radius 1 is 1.56 bits per heavy atom. The van der Waals surface area contributed by atoms with Gasteiger partial charge in [-0.3, -0.25) is 9.78 Å². The van der Waals surface area contributed by atoms with E-state index in [0.717, 1.165) is 0 Å². The Hall–Kier alpha value is -1.82. The molecule has 6 heteroatoms. The lowest BCUT2D eigenvalue weighted by Crippen LogP contribution is -2.09. The van der Waals surface area contributed by atoms with E-state index < -0.39 is 17.0 Å². The van der Waals surface area contributed by atoms with Gasteiger partial charge in [-0.1, -0.05) is 0 Å². The number of hydrogen-bond donors (Lipinski definition) is 0. The molecule has 5 nitrogen and oxygen atoms in total. The first kappa shape index (κ1) is 12.6. The quantitative estimate of drug-likeness (QED) is 0.625. The van der Waals surface area contributed by atoms with E-state index in [4.69, 9.17) is 9.15 Å². The van der Waals surface area contributed by atoms with Crippen molar-refractivity contribution in [3.63, 3.8) is 0 Å². The number of nitrogens with zero attached hydrogens (tertiary/aromatic N) is 1. The Morgan fingerprint density at radius 3 is 3.00 bits per heavy atom. The minimum Gasteiger partial charge on any atom is -0.446 e. The number of rotatable bonds is 3. The third-order valence-corrected chi connectivity index (χ3v) is 3.05. The molecule has 0 saturated carbocycles. The minimum absolute atomic E-state index is 0.381. The number of ether oxygens (including phenoxy) is 1. The molecule has 0 spiro atoms. The van der Waals surface area contributed by atoms with Gasteiger partial charge < -0.3 is 9.15 Å². The second kappa shape index (κ2) is 5.22.